The number of hydrogen-bond acceptors (Lipinski definition) is 4. The van der Waals surface area contributed by atoms with E-state index >= 15 is 0 Å². The maximum atomic E-state index is 11.8. The first kappa shape index (κ1) is 11.2. The molecule has 82 valence electrons. The molecule has 0 spiro atoms. The largest absolute Gasteiger partial charge is 0.306 e. The second-order valence-electron chi connectivity index (χ2n) is 3.08. The van der Waals surface area contributed by atoms with Gasteiger partial charge in [-0.25, -0.2) is 9.97 Å². The maximum Gasteiger partial charge on any atom is 0.268 e. The molecule has 0 saturated heterocycles. The molecule has 0 fully saturated rings. The lowest BCUT2D eigenvalue weighted by Crippen LogP contribution is -2.12. The van der Waals surface area contributed by atoms with Crippen LogP contribution in [-0.4, -0.2) is 15.9 Å². The van der Waals surface area contributed by atoms with Gasteiger partial charge < -0.3 is 5.32 Å². The van der Waals surface area contributed by atoms with Crippen molar-refractivity contribution in [1.82, 2.24) is 9.97 Å². The highest BCUT2D eigenvalue weighted by Gasteiger charge is 2.11. The fraction of sp³-hybridized carbons (Fsp3) is 0.100. The molecule has 0 aliphatic carbocycles. The van der Waals surface area contributed by atoms with Crippen LogP contribution >= 0.6 is 27.3 Å². The first-order valence-corrected chi connectivity index (χ1v) is 6.17. The van der Waals surface area contributed by atoms with E-state index in [9.17, 15) is 4.79 Å². The molecular weight excluding hydrogens is 290 g/mol. The number of amides is 1. The number of hydrogen-bond donors (Lipinski definition) is 1. The zero-order chi connectivity index (χ0) is 11.5. The molecule has 0 atom stereocenters. The van der Waals surface area contributed by atoms with Gasteiger partial charge in [-0.3, -0.25) is 4.79 Å². The van der Waals surface area contributed by atoms with E-state index in [2.05, 4.69) is 31.2 Å². The maximum absolute atomic E-state index is 11.8. The van der Waals surface area contributed by atoms with Gasteiger partial charge in [-0.15, -0.1) is 11.3 Å². The third-order valence-electron chi connectivity index (χ3n) is 1.92. The van der Waals surface area contributed by atoms with Gasteiger partial charge in [0.15, 0.2) is 0 Å². The fourth-order valence-corrected chi connectivity index (χ4v) is 2.07. The number of carbonyl (C=O) groups excluding carboxylic acids is 1. The molecule has 0 aromatic carbocycles. The number of pyridine rings is 1. The average molecular weight is 298 g/mol. The number of halogens is 1. The molecule has 2 aromatic rings. The molecule has 2 aromatic heterocycles. The first-order valence-electron chi connectivity index (χ1n) is 4.50. The lowest BCUT2D eigenvalue weighted by Gasteiger charge is -2.02. The first-order chi connectivity index (χ1) is 7.66. The Labute approximate surface area is 105 Å². The number of anilines is 1. The molecule has 0 radical (unpaired) electrons. The Balaban J connectivity index is 2.14. The second-order valence-corrected chi connectivity index (χ2v) is 4.85. The molecule has 16 heavy (non-hydrogen) atoms. The Morgan fingerprint density at radius 3 is 2.81 bits per heavy atom. The molecule has 0 unspecified atom stereocenters. The molecule has 0 bridgehead atoms. The lowest BCUT2D eigenvalue weighted by molar-refractivity contribution is 0.102. The highest BCUT2D eigenvalue weighted by atomic mass is 79.9. The Morgan fingerprint density at radius 2 is 2.25 bits per heavy atom. The van der Waals surface area contributed by atoms with E-state index < -0.39 is 0 Å². The van der Waals surface area contributed by atoms with E-state index in [1.807, 2.05) is 6.07 Å². The second kappa shape index (κ2) is 4.71. The van der Waals surface area contributed by atoms with Gasteiger partial charge >= 0.3 is 0 Å². The summed E-state index contributed by atoms with van der Waals surface area (Å²) in [4.78, 5) is 20.5. The van der Waals surface area contributed by atoms with E-state index in [1.54, 1.807) is 24.7 Å². The summed E-state index contributed by atoms with van der Waals surface area (Å²) in [5.74, 6) is 0.357. The fourth-order valence-electron chi connectivity index (χ4n) is 1.14. The van der Waals surface area contributed by atoms with Crippen LogP contribution in [0.5, 0.6) is 0 Å². The van der Waals surface area contributed by atoms with Crippen LogP contribution in [0.25, 0.3) is 0 Å². The van der Waals surface area contributed by atoms with Gasteiger partial charge in [0.05, 0.1) is 11.2 Å². The smallest absolute Gasteiger partial charge is 0.268 e. The predicted molar refractivity (Wildman–Crippen MR) is 66.7 cm³/mol. The summed E-state index contributed by atoms with van der Waals surface area (Å²) in [6.45, 7) is 1.81. The van der Waals surface area contributed by atoms with Crippen molar-refractivity contribution in [1.29, 1.82) is 0 Å². The van der Waals surface area contributed by atoms with Gasteiger partial charge in [0, 0.05) is 10.7 Å². The van der Waals surface area contributed by atoms with E-state index in [4.69, 9.17) is 0 Å². The molecule has 1 amide bonds. The summed E-state index contributed by atoms with van der Waals surface area (Å²) >= 11 is 4.60. The standard InChI is InChI=1S/C10H8BrN3OS/c1-6-9(16-5-13-6)10(15)14-8-3-2-7(11)4-12-8/h2-5H,1H3,(H,12,14,15). The summed E-state index contributed by atoms with van der Waals surface area (Å²) in [5.41, 5.74) is 2.39. The number of carbonyl (C=O) groups is 1. The summed E-state index contributed by atoms with van der Waals surface area (Å²) < 4.78 is 0.875. The number of aryl methyl sites for hydroxylation is 1. The molecule has 0 aliphatic heterocycles. The molecule has 0 saturated carbocycles. The van der Waals surface area contributed by atoms with E-state index in [-0.39, 0.29) is 5.91 Å². The number of thiazole rings is 1. The Morgan fingerprint density at radius 1 is 1.44 bits per heavy atom. The quantitative estimate of drug-likeness (QED) is 0.927. The molecule has 4 nitrogen and oxygen atoms in total. The predicted octanol–water partition coefficient (Wildman–Crippen LogP) is 2.86. The van der Waals surface area contributed by atoms with Crippen LogP contribution in [0.2, 0.25) is 0 Å². The summed E-state index contributed by atoms with van der Waals surface area (Å²) in [5, 5.41) is 2.71. The van der Waals surface area contributed by atoms with Crippen molar-refractivity contribution in [2.75, 3.05) is 5.32 Å². The van der Waals surface area contributed by atoms with Crippen LogP contribution in [0.15, 0.2) is 28.3 Å². The van der Waals surface area contributed by atoms with Gasteiger partial charge in [-0.05, 0) is 35.0 Å². The number of aromatic nitrogens is 2. The van der Waals surface area contributed by atoms with Crippen LogP contribution in [0, 0.1) is 6.92 Å². The van der Waals surface area contributed by atoms with Gasteiger partial charge in [0.2, 0.25) is 0 Å². The van der Waals surface area contributed by atoms with Crippen molar-refractivity contribution < 1.29 is 4.79 Å². The number of nitrogens with one attached hydrogen (secondary N) is 1. The van der Waals surface area contributed by atoms with Gasteiger partial charge in [0.25, 0.3) is 5.91 Å². The number of rotatable bonds is 2. The Kier molecular flexibility index (Phi) is 3.31. The Hall–Kier alpha value is -1.27. The highest BCUT2D eigenvalue weighted by molar-refractivity contribution is 9.10. The molecule has 2 heterocycles. The van der Waals surface area contributed by atoms with Gasteiger partial charge in [-0.2, -0.15) is 0 Å². The SMILES string of the molecule is Cc1ncsc1C(=O)Nc1ccc(Br)cn1. The van der Waals surface area contributed by atoms with E-state index in [0.717, 1.165) is 10.2 Å². The average Bonchev–Trinajstić information content (AvgIpc) is 2.68. The van der Waals surface area contributed by atoms with Crippen molar-refractivity contribution in [2.24, 2.45) is 0 Å². The van der Waals surface area contributed by atoms with Gasteiger partial charge in [0.1, 0.15) is 10.7 Å². The third kappa shape index (κ3) is 2.45. The van der Waals surface area contributed by atoms with Crippen molar-refractivity contribution in [3.05, 3.63) is 38.9 Å². The van der Waals surface area contributed by atoms with Crippen LogP contribution in [0.3, 0.4) is 0 Å². The summed E-state index contributed by atoms with van der Waals surface area (Å²) in [7, 11) is 0. The molecule has 6 heteroatoms. The van der Waals surface area contributed by atoms with Crippen LogP contribution in [0.1, 0.15) is 15.4 Å². The third-order valence-corrected chi connectivity index (χ3v) is 3.32. The molecule has 0 aliphatic rings. The molecular formula is C10H8BrN3OS. The van der Waals surface area contributed by atoms with Crippen molar-refractivity contribution in [2.45, 2.75) is 6.92 Å². The highest BCUT2D eigenvalue weighted by Crippen LogP contribution is 2.15. The minimum Gasteiger partial charge on any atom is -0.306 e. The minimum atomic E-state index is -0.171. The monoisotopic (exact) mass is 297 g/mol. The zero-order valence-electron chi connectivity index (χ0n) is 8.40. The van der Waals surface area contributed by atoms with Crippen molar-refractivity contribution in [3.8, 4) is 0 Å². The molecule has 2 rings (SSSR count). The minimum absolute atomic E-state index is 0.171. The summed E-state index contributed by atoms with van der Waals surface area (Å²) in [6, 6.07) is 3.56. The Bertz CT molecular complexity index is 509. The van der Waals surface area contributed by atoms with E-state index in [1.165, 1.54) is 11.3 Å². The summed E-state index contributed by atoms with van der Waals surface area (Å²) in [6.07, 6.45) is 1.63. The number of nitrogens with zero attached hydrogens (tertiary/aromatic N) is 2. The van der Waals surface area contributed by atoms with Crippen LogP contribution < -0.4 is 5.32 Å². The van der Waals surface area contributed by atoms with Crippen molar-refractivity contribution >= 4 is 39.0 Å². The zero-order valence-corrected chi connectivity index (χ0v) is 10.8. The van der Waals surface area contributed by atoms with Crippen molar-refractivity contribution in [3.63, 3.8) is 0 Å². The van der Waals surface area contributed by atoms with E-state index in [0.29, 0.717) is 10.7 Å². The normalized spacial score (nSPS) is 10.1. The molecule has 1 N–H and O–H groups in total. The van der Waals surface area contributed by atoms with Crippen LogP contribution in [0.4, 0.5) is 5.82 Å². The van der Waals surface area contributed by atoms with Gasteiger partial charge in [-0.1, -0.05) is 0 Å². The lowest BCUT2D eigenvalue weighted by atomic mass is 10.3. The topological polar surface area (TPSA) is 54.9 Å². The van der Waals surface area contributed by atoms with Crippen LogP contribution in [-0.2, 0) is 0 Å².